The second-order valence-electron chi connectivity index (χ2n) is 6.09. The van der Waals surface area contributed by atoms with Gasteiger partial charge in [0.15, 0.2) is 0 Å². The number of aryl methyl sites for hydroxylation is 1. The summed E-state index contributed by atoms with van der Waals surface area (Å²) in [7, 11) is 0. The molecule has 0 unspecified atom stereocenters. The number of ether oxygens (including phenoxy) is 1. The van der Waals surface area contributed by atoms with Crippen LogP contribution in [0.1, 0.15) is 16.8 Å². The summed E-state index contributed by atoms with van der Waals surface area (Å²) in [4.78, 5) is 12.5. The molecule has 1 heterocycles. The maximum atomic E-state index is 12.6. The normalized spacial score (nSPS) is 12.0. The van der Waals surface area contributed by atoms with Gasteiger partial charge in [-0.15, -0.1) is 0 Å². The maximum Gasteiger partial charge on any atom is 0.416 e. The molecule has 0 aliphatic heterocycles. The van der Waals surface area contributed by atoms with Gasteiger partial charge in [-0.25, -0.2) is 0 Å². The average Bonchev–Trinajstić information content (AvgIpc) is 3.02. The van der Waals surface area contributed by atoms with Crippen molar-refractivity contribution in [1.29, 1.82) is 0 Å². The molecule has 1 aromatic heterocycles. The SMILES string of the molecule is Cc1nsc(NC(=O)/C(=C\N)c2ccc(Oc3ccc(C(F)(F)F)cc3)cc2)c1Cl. The van der Waals surface area contributed by atoms with Crippen LogP contribution in [0.5, 0.6) is 11.5 Å². The Labute approximate surface area is 179 Å². The Morgan fingerprint density at radius 2 is 1.70 bits per heavy atom. The molecule has 2 aromatic carbocycles. The van der Waals surface area contributed by atoms with Gasteiger partial charge in [0.05, 0.1) is 21.9 Å². The molecule has 0 spiro atoms. The van der Waals surface area contributed by atoms with E-state index in [0.29, 0.717) is 27.0 Å². The van der Waals surface area contributed by atoms with Crippen LogP contribution in [0.3, 0.4) is 0 Å². The van der Waals surface area contributed by atoms with Crippen LogP contribution in [0, 0.1) is 6.92 Å². The fourth-order valence-corrected chi connectivity index (χ4v) is 3.39. The molecule has 10 heteroatoms. The number of rotatable bonds is 5. The van der Waals surface area contributed by atoms with E-state index >= 15 is 0 Å². The van der Waals surface area contributed by atoms with Gasteiger partial charge in [0, 0.05) is 6.20 Å². The number of benzene rings is 2. The summed E-state index contributed by atoms with van der Waals surface area (Å²) in [6, 6.07) is 10.7. The Morgan fingerprint density at radius 1 is 1.13 bits per heavy atom. The number of nitrogens with two attached hydrogens (primary N) is 1. The number of nitrogens with one attached hydrogen (secondary N) is 1. The van der Waals surface area contributed by atoms with Gasteiger partial charge in [0.2, 0.25) is 0 Å². The molecule has 0 aliphatic carbocycles. The van der Waals surface area contributed by atoms with Crippen LogP contribution in [-0.4, -0.2) is 10.3 Å². The van der Waals surface area contributed by atoms with Crippen LogP contribution in [-0.2, 0) is 11.0 Å². The summed E-state index contributed by atoms with van der Waals surface area (Å²) in [6.45, 7) is 1.73. The molecule has 0 saturated carbocycles. The fourth-order valence-electron chi connectivity index (χ4n) is 2.46. The fraction of sp³-hybridized carbons (Fsp3) is 0.100. The third-order valence-electron chi connectivity index (χ3n) is 4.01. The number of carbonyl (C=O) groups is 1. The number of hydrogen-bond acceptors (Lipinski definition) is 5. The molecule has 30 heavy (non-hydrogen) atoms. The van der Waals surface area contributed by atoms with Gasteiger partial charge in [0.25, 0.3) is 5.91 Å². The lowest BCUT2D eigenvalue weighted by molar-refractivity contribution is -0.137. The number of carbonyl (C=O) groups excluding carboxylic acids is 1. The zero-order valence-electron chi connectivity index (χ0n) is 15.5. The highest BCUT2D eigenvalue weighted by Gasteiger charge is 2.30. The molecule has 0 atom stereocenters. The predicted molar refractivity (Wildman–Crippen MR) is 111 cm³/mol. The van der Waals surface area contributed by atoms with Crippen molar-refractivity contribution >= 4 is 39.6 Å². The first-order chi connectivity index (χ1) is 14.2. The molecule has 3 N–H and O–H groups in total. The van der Waals surface area contributed by atoms with E-state index in [2.05, 4.69) is 9.69 Å². The van der Waals surface area contributed by atoms with Gasteiger partial charge >= 0.3 is 6.18 Å². The van der Waals surface area contributed by atoms with Crippen LogP contribution in [0.25, 0.3) is 5.57 Å². The third-order valence-corrected chi connectivity index (χ3v) is 5.44. The van der Waals surface area contributed by atoms with Gasteiger partial charge in [-0.3, -0.25) is 4.79 Å². The molecule has 1 amide bonds. The second-order valence-corrected chi connectivity index (χ2v) is 7.25. The zero-order valence-corrected chi connectivity index (χ0v) is 17.0. The first-order valence-corrected chi connectivity index (χ1v) is 9.64. The maximum absolute atomic E-state index is 12.6. The molecule has 0 aliphatic rings. The number of aromatic nitrogens is 1. The van der Waals surface area contributed by atoms with Crippen molar-refractivity contribution in [3.63, 3.8) is 0 Å². The largest absolute Gasteiger partial charge is 0.457 e. The van der Waals surface area contributed by atoms with E-state index in [4.69, 9.17) is 22.1 Å². The minimum Gasteiger partial charge on any atom is -0.457 e. The van der Waals surface area contributed by atoms with Crippen molar-refractivity contribution < 1.29 is 22.7 Å². The molecule has 3 aromatic rings. The Kier molecular flexibility index (Phi) is 6.33. The topological polar surface area (TPSA) is 77.2 Å². The number of alkyl halides is 3. The highest BCUT2D eigenvalue weighted by molar-refractivity contribution is 7.11. The Hall–Kier alpha value is -3.04. The van der Waals surface area contributed by atoms with Gasteiger partial charge in [-0.1, -0.05) is 23.7 Å². The molecule has 5 nitrogen and oxygen atoms in total. The van der Waals surface area contributed by atoms with Crippen LogP contribution < -0.4 is 15.8 Å². The smallest absolute Gasteiger partial charge is 0.416 e. The Morgan fingerprint density at radius 3 is 2.17 bits per heavy atom. The van der Waals surface area contributed by atoms with Crippen LogP contribution in [0.15, 0.2) is 54.7 Å². The van der Waals surface area contributed by atoms with Crippen molar-refractivity contribution in [2.24, 2.45) is 5.73 Å². The number of amides is 1. The van der Waals surface area contributed by atoms with E-state index in [1.54, 1.807) is 31.2 Å². The minimum atomic E-state index is -4.41. The lowest BCUT2D eigenvalue weighted by Gasteiger charge is -2.10. The van der Waals surface area contributed by atoms with Gasteiger partial charge < -0.3 is 15.8 Å². The number of anilines is 1. The zero-order chi connectivity index (χ0) is 21.9. The van der Waals surface area contributed by atoms with Gasteiger partial charge in [0.1, 0.15) is 16.5 Å². The van der Waals surface area contributed by atoms with E-state index in [0.717, 1.165) is 23.7 Å². The molecule has 3 rings (SSSR count). The summed E-state index contributed by atoms with van der Waals surface area (Å²) >= 11 is 7.14. The highest BCUT2D eigenvalue weighted by Crippen LogP contribution is 2.32. The minimum absolute atomic E-state index is 0.207. The quantitative estimate of drug-likeness (QED) is 0.475. The molecular weight excluding hydrogens is 439 g/mol. The van der Waals surface area contributed by atoms with E-state index in [-0.39, 0.29) is 11.3 Å². The number of halogens is 4. The summed E-state index contributed by atoms with van der Waals surface area (Å²) in [5.74, 6) is 0.175. The van der Waals surface area contributed by atoms with E-state index in [1.807, 2.05) is 0 Å². The molecule has 0 saturated heterocycles. The Balaban J connectivity index is 1.70. The van der Waals surface area contributed by atoms with Crippen molar-refractivity contribution in [2.75, 3.05) is 5.32 Å². The lowest BCUT2D eigenvalue weighted by atomic mass is 10.1. The Bertz CT molecular complexity index is 1080. The van der Waals surface area contributed by atoms with E-state index in [9.17, 15) is 18.0 Å². The molecule has 0 fully saturated rings. The molecule has 156 valence electrons. The van der Waals surface area contributed by atoms with E-state index < -0.39 is 17.6 Å². The van der Waals surface area contributed by atoms with E-state index in [1.165, 1.54) is 18.3 Å². The number of nitrogens with zero attached hydrogens (tertiary/aromatic N) is 1. The summed E-state index contributed by atoms with van der Waals surface area (Å²) < 4.78 is 47.5. The molecule has 0 radical (unpaired) electrons. The monoisotopic (exact) mass is 453 g/mol. The molecular formula is C20H15ClF3N3O2S. The standard InChI is InChI=1S/C20H15ClF3N3O2S/c1-11-17(21)19(30-27-11)26-18(28)16(10-25)12-2-6-14(7-3-12)29-15-8-4-13(5-9-15)20(22,23)24/h2-10H,25H2,1H3,(H,26,28)/b16-10-. The van der Waals surface area contributed by atoms with Crippen molar-refractivity contribution in [2.45, 2.75) is 13.1 Å². The van der Waals surface area contributed by atoms with Gasteiger partial charge in [-0.05, 0) is 60.4 Å². The van der Waals surface area contributed by atoms with Crippen LogP contribution >= 0.6 is 23.1 Å². The van der Waals surface area contributed by atoms with Gasteiger partial charge in [-0.2, -0.15) is 17.5 Å². The average molecular weight is 454 g/mol. The molecule has 0 bridgehead atoms. The van der Waals surface area contributed by atoms with Crippen molar-refractivity contribution in [3.8, 4) is 11.5 Å². The van der Waals surface area contributed by atoms with Crippen LogP contribution in [0.4, 0.5) is 18.2 Å². The summed E-state index contributed by atoms with van der Waals surface area (Å²) in [5.41, 5.74) is 6.20. The predicted octanol–water partition coefficient (Wildman–Crippen LogP) is 5.85. The van der Waals surface area contributed by atoms with Crippen molar-refractivity contribution in [1.82, 2.24) is 4.37 Å². The highest BCUT2D eigenvalue weighted by atomic mass is 35.5. The first kappa shape index (κ1) is 21.7. The van der Waals surface area contributed by atoms with Crippen LogP contribution in [0.2, 0.25) is 5.02 Å². The third kappa shape index (κ3) is 4.92. The second kappa shape index (κ2) is 8.76. The summed E-state index contributed by atoms with van der Waals surface area (Å²) in [6.07, 6.45) is -3.24. The lowest BCUT2D eigenvalue weighted by Crippen LogP contribution is -2.14. The van der Waals surface area contributed by atoms with Crippen molar-refractivity contribution in [3.05, 3.63) is 76.6 Å². The summed E-state index contributed by atoms with van der Waals surface area (Å²) in [5, 5.41) is 3.45. The first-order valence-electron chi connectivity index (χ1n) is 8.49. The number of hydrogen-bond donors (Lipinski definition) is 2.